The normalized spacial score (nSPS) is 16.7. The van der Waals surface area contributed by atoms with Gasteiger partial charge in [-0.15, -0.1) is 10.2 Å². The molecular formula is C47H55F3N10O7. The summed E-state index contributed by atoms with van der Waals surface area (Å²) < 4.78 is 43.5. The zero-order valence-electron chi connectivity index (χ0n) is 37.5. The van der Waals surface area contributed by atoms with Crippen LogP contribution in [-0.4, -0.2) is 97.0 Å². The number of amides is 3. The highest BCUT2D eigenvalue weighted by Gasteiger charge is 2.38. The van der Waals surface area contributed by atoms with Crippen molar-refractivity contribution in [2.45, 2.75) is 96.6 Å². The molecule has 17 nitrogen and oxygen atoms in total. The molecule has 2 aromatic heterocycles. The molecule has 2 fully saturated rings. The molecule has 0 spiro atoms. The van der Waals surface area contributed by atoms with E-state index < -0.39 is 35.8 Å². The summed E-state index contributed by atoms with van der Waals surface area (Å²) in [6, 6.07) is 23.9. The highest BCUT2D eigenvalue weighted by Crippen LogP contribution is 2.35. The first-order valence-corrected chi connectivity index (χ1v) is 22.1. The lowest BCUT2D eigenvalue weighted by molar-refractivity contribution is -0.192. The fourth-order valence-electron chi connectivity index (χ4n) is 7.87. The number of carbonyl (C=O) groups is 4. The number of alkyl halides is 3. The molecule has 0 unspecified atom stereocenters. The van der Waals surface area contributed by atoms with Crippen molar-refractivity contribution in [3.05, 3.63) is 96.2 Å². The SMILES string of the molecule is CC(C)(C)OC(=O)NC[C@H]1CC[C@H](C(=O)N(c2ccc(-c3nn[nH]n3)cc2)[C@@H](Cc2ccc(-c3cnc(N4CCCCC4)nc3OCc3ccccc3)cc2)C(N)=O)CC1.O=C(O)C(F)(F)F. The summed E-state index contributed by atoms with van der Waals surface area (Å²) in [6.45, 7) is 8.11. The summed E-state index contributed by atoms with van der Waals surface area (Å²) in [5.74, 6) is -2.14. The van der Waals surface area contributed by atoms with Gasteiger partial charge in [-0.3, -0.25) is 14.5 Å². The summed E-state index contributed by atoms with van der Waals surface area (Å²) in [5.41, 5.74) is 10.3. The number of hydrogen-bond acceptors (Lipinski definition) is 12. The van der Waals surface area contributed by atoms with Crippen LogP contribution in [0.3, 0.4) is 0 Å². The van der Waals surface area contributed by atoms with E-state index in [0.29, 0.717) is 54.9 Å². The van der Waals surface area contributed by atoms with Crippen LogP contribution in [0.15, 0.2) is 85.1 Å². The molecule has 3 heterocycles. The van der Waals surface area contributed by atoms with Crippen LogP contribution in [0, 0.1) is 11.8 Å². The highest BCUT2D eigenvalue weighted by molar-refractivity contribution is 6.02. The Bertz CT molecular complexity index is 2400. The number of tetrazole rings is 1. The first kappa shape index (κ1) is 49.3. The maximum absolute atomic E-state index is 14.6. The number of carbonyl (C=O) groups excluding carboxylic acids is 3. The first-order chi connectivity index (χ1) is 31.9. The Kier molecular flexibility index (Phi) is 16.5. The molecule has 67 heavy (non-hydrogen) atoms. The maximum Gasteiger partial charge on any atom is 0.490 e. The largest absolute Gasteiger partial charge is 0.490 e. The van der Waals surface area contributed by atoms with E-state index in [9.17, 15) is 27.6 Å². The third-order valence-corrected chi connectivity index (χ3v) is 11.3. The van der Waals surface area contributed by atoms with Gasteiger partial charge in [-0.25, -0.2) is 14.6 Å². The van der Waals surface area contributed by atoms with Crippen molar-refractivity contribution >= 4 is 35.5 Å². The van der Waals surface area contributed by atoms with Crippen LogP contribution in [0.1, 0.15) is 76.8 Å². The average molecular weight is 929 g/mol. The third-order valence-electron chi connectivity index (χ3n) is 11.3. The Morgan fingerprint density at radius 3 is 2.12 bits per heavy atom. The molecule has 20 heteroatoms. The number of nitrogens with two attached hydrogens (primary N) is 1. The van der Waals surface area contributed by atoms with Gasteiger partial charge in [0.2, 0.25) is 29.5 Å². The van der Waals surface area contributed by atoms with Crippen LogP contribution in [0.4, 0.5) is 29.6 Å². The fourth-order valence-corrected chi connectivity index (χ4v) is 7.87. The minimum Gasteiger partial charge on any atom is -0.475 e. The number of aromatic nitrogens is 6. The average Bonchev–Trinajstić information content (AvgIpc) is 3.86. The van der Waals surface area contributed by atoms with E-state index in [4.69, 9.17) is 35.1 Å². The summed E-state index contributed by atoms with van der Waals surface area (Å²) in [5, 5.41) is 24.3. The van der Waals surface area contributed by atoms with Crippen LogP contribution < -0.4 is 25.6 Å². The van der Waals surface area contributed by atoms with E-state index in [-0.39, 0.29) is 24.2 Å². The molecule has 7 rings (SSSR count). The topological polar surface area (TPSA) is 232 Å². The van der Waals surface area contributed by atoms with Gasteiger partial charge in [0.25, 0.3) is 0 Å². The predicted molar refractivity (Wildman–Crippen MR) is 241 cm³/mol. The Morgan fingerprint density at radius 1 is 0.896 bits per heavy atom. The second-order valence-electron chi connectivity index (χ2n) is 17.4. The van der Waals surface area contributed by atoms with Gasteiger partial charge in [-0.05, 0) is 118 Å². The zero-order chi connectivity index (χ0) is 48.1. The molecular weight excluding hydrogens is 874 g/mol. The smallest absolute Gasteiger partial charge is 0.475 e. The number of hydrogen-bond donors (Lipinski definition) is 4. The Labute approximate surface area is 385 Å². The summed E-state index contributed by atoms with van der Waals surface area (Å²) in [6.07, 6.45) is 2.54. The Hall–Kier alpha value is -7.12. The van der Waals surface area contributed by atoms with E-state index >= 15 is 0 Å². The van der Waals surface area contributed by atoms with Crippen LogP contribution in [0.25, 0.3) is 22.5 Å². The van der Waals surface area contributed by atoms with E-state index in [2.05, 4.69) is 30.8 Å². The minimum atomic E-state index is -5.08. The predicted octanol–water partition coefficient (Wildman–Crippen LogP) is 7.29. The highest BCUT2D eigenvalue weighted by atomic mass is 19.4. The van der Waals surface area contributed by atoms with Gasteiger partial charge < -0.3 is 30.5 Å². The van der Waals surface area contributed by atoms with Crippen molar-refractivity contribution in [3.8, 4) is 28.4 Å². The molecule has 5 aromatic rings. The monoisotopic (exact) mass is 928 g/mol. The van der Waals surface area contributed by atoms with Crippen molar-refractivity contribution in [1.29, 1.82) is 0 Å². The summed E-state index contributed by atoms with van der Waals surface area (Å²) in [7, 11) is 0. The Morgan fingerprint density at radius 2 is 1.54 bits per heavy atom. The van der Waals surface area contributed by atoms with Crippen molar-refractivity contribution in [1.82, 2.24) is 35.9 Å². The first-order valence-electron chi connectivity index (χ1n) is 22.1. The molecule has 3 amide bonds. The number of primary amides is 1. The number of benzene rings is 3. The number of piperidine rings is 1. The molecule has 1 aliphatic carbocycles. The number of nitrogens with one attached hydrogen (secondary N) is 2. The molecule has 1 aliphatic heterocycles. The molecule has 356 valence electrons. The minimum absolute atomic E-state index is 0.174. The van der Waals surface area contributed by atoms with Gasteiger partial charge in [0.1, 0.15) is 18.2 Å². The maximum atomic E-state index is 14.6. The number of halogens is 3. The third kappa shape index (κ3) is 14.2. The fraction of sp³-hybridized carbons (Fsp3) is 0.426. The Balaban J connectivity index is 0.000000980. The van der Waals surface area contributed by atoms with Crippen LogP contribution in [0.2, 0.25) is 0 Å². The van der Waals surface area contributed by atoms with Crippen LogP contribution in [0.5, 0.6) is 5.88 Å². The zero-order valence-corrected chi connectivity index (χ0v) is 37.5. The lowest BCUT2D eigenvalue weighted by Crippen LogP contribution is -2.52. The second kappa shape index (κ2) is 22.4. The number of H-pyrrole nitrogens is 1. The standard InChI is InChI=1S/C45H54N10O5.C2HF3O2/c1-45(2,3)60-44(58)48-27-31-14-18-35(19-15-31)42(57)55(36-22-20-34(21-23-36)40-50-52-53-51-40)38(39(46)56)26-30-12-16-33(17-13-30)37-28-47-43(54-24-8-5-9-25-54)49-41(37)59-29-32-10-6-4-7-11-32;3-2(4,5)1(6)7/h4,6-7,10-13,16-17,20-23,28,31,35,38H,5,8-9,14-15,18-19,24-27,29H2,1-3H3,(H2,46,56)(H,48,58)(H,50,51,52,53);(H,6,7)/t31-,35-,38-;/m0./s1. The van der Waals surface area contributed by atoms with Gasteiger partial charge in [-0.1, -0.05) is 54.6 Å². The number of carboxylic acids is 1. The molecule has 1 atom stereocenters. The van der Waals surface area contributed by atoms with Gasteiger partial charge >= 0.3 is 18.2 Å². The molecule has 2 aliphatic rings. The number of nitrogens with zero attached hydrogens (tertiary/aromatic N) is 7. The van der Waals surface area contributed by atoms with Crippen molar-refractivity contribution < 1.29 is 46.9 Å². The van der Waals surface area contributed by atoms with Crippen LogP contribution in [-0.2, 0) is 32.1 Å². The number of carboxylic acid groups (broad SMARTS) is 1. The van der Waals surface area contributed by atoms with Gasteiger partial charge in [-0.2, -0.15) is 23.4 Å². The van der Waals surface area contributed by atoms with E-state index in [1.165, 1.54) is 6.42 Å². The van der Waals surface area contributed by atoms with E-state index in [1.807, 2.05) is 81.6 Å². The number of aliphatic carboxylic acids is 1. The number of anilines is 2. The van der Waals surface area contributed by atoms with E-state index in [1.54, 1.807) is 29.2 Å². The molecule has 0 radical (unpaired) electrons. The second-order valence-corrected chi connectivity index (χ2v) is 17.4. The molecule has 5 N–H and O–H groups in total. The van der Waals surface area contributed by atoms with Crippen molar-refractivity contribution in [3.63, 3.8) is 0 Å². The molecule has 1 saturated carbocycles. The molecule has 1 saturated heterocycles. The number of rotatable bonds is 14. The lowest BCUT2D eigenvalue weighted by Gasteiger charge is -2.36. The number of alkyl carbamates (subject to hydrolysis) is 1. The van der Waals surface area contributed by atoms with Gasteiger partial charge in [0, 0.05) is 49.4 Å². The molecule has 3 aromatic carbocycles. The lowest BCUT2D eigenvalue weighted by atomic mass is 9.81. The van der Waals surface area contributed by atoms with E-state index in [0.717, 1.165) is 61.0 Å². The summed E-state index contributed by atoms with van der Waals surface area (Å²) in [4.78, 5) is 62.7. The quantitative estimate of drug-likeness (QED) is 0.0858. The number of aromatic amines is 1. The number of ether oxygens (including phenoxy) is 2. The van der Waals surface area contributed by atoms with Crippen molar-refractivity contribution in [2.75, 3.05) is 29.4 Å². The van der Waals surface area contributed by atoms with Crippen molar-refractivity contribution in [2.24, 2.45) is 17.6 Å². The molecule has 0 bridgehead atoms. The van der Waals surface area contributed by atoms with Crippen LogP contribution >= 0.6 is 0 Å². The van der Waals surface area contributed by atoms with Gasteiger partial charge in [0.15, 0.2) is 0 Å². The summed E-state index contributed by atoms with van der Waals surface area (Å²) >= 11 is 0. The van der Waals surface area contributed by atoms with Gasteiger partial charge in [0.05, 0.1) is 5.56 Å².